The Kier molecular flexibility index (Phi) is 2.56. The summed E-state index contributed by atoms with van der Waals surface area (Å²) in [5.74, 6) is 0. The third-order valence-electron chi connectivity index (χ3n) is 7.44. The Morgan fingerprint density at radius 3 is 2.08 bits per heavy atom. The lowest BCUT2D eigenvalue weighted by Gasteiger charge is -2.19. The number of benzene rings is 7. The molecule has 2 heteroatoms. The van der Waals surface area contributed by atoms with E-state index in [2.05, 4.69) is 0 Å². The van der Waals surface area contributed by atoms with Gasteiger partial charge in [0, 0.05) is 27.3 Å². The molecule has 0 atom stereocenters. The normalized spacial score (nSPS) is 16.6. The Hall–Kier alpha value is -5.34. The van der Waals surface area contributed by atoms with Crippen molar-refractivity contribution in [3.8, 4) is 22.3 Å². The van der Waals surface area contributed by atoms with E-state index in [1.807, 2.05) is 18.2 Å². The molecule has 9 aromatic rings. The monoisotopic (exact) mass is 523 g/mol. The highest BCUT2D eigenvalue weighted by Gasteiger charge is 2.22. The molecule has 2 heterocycles. The molecule has 0 fully saturated rings. The summed E-state index contributed by atoms with van der Waals surface area (Å²) in [6, 6.07) is 6.41. The first-order chi connectivity index (χ1) is 25.2. The molecule has 0 saturated carbocycles. The molecule has 0 unspecified atom stereocenters. The van der Waals surface area contributed by atoms with Crippen LogP contribution in [0.15, 0.2) is 142 Å². The summed E-state index contributed by atoms with van der Waals surface area (Å²) in [7, 11) is 0. The summed E-state index contributed by atoms with van der Waals surface area (Å²) >= 11 is 0. The molecular formula is C38H22O2. The van der Waals surface area contributed by atoms with Gasteiger partial charge in [-0.1, -0.05) is 109 Å². The average Bonchev–Trinajstić information content (AvgIpc) is 3.78. The first-order valence-corrected chi connectivity index (χ1v) is 12.5. The van der Waals surface area contributed by atoms with Crippen LogP contribution in [0.25, 0.3) is 87.5 Å². The molecule has 0 amide bonds. The smallest absolute Gasteiger partial charge is 0.142 e. The van der Waals surface area contributed by atoms with Gasteiger partial charge < -0.3 is 8.83 Å². The van der Waals surface area contributed by atoms with Gasteiger partial charge in [0.15, 0.2) is 0 Å². The molecule has 0 radical (unpaired) electrons. The van der Waals surface area contributed by atoms with Crippen molar-refractivity contribution in [3.63, 3.8) is 0 Å². The summed E-state index contributed by atoms with van der Waals surface area (Å²) < 4.78 is 127. The molecule has 0 bridgehead atoms. The van der Waals surface area contributed by atoms with Gasteiger partial charge in [-0.15, -0.1) is 0 Å². The Labute approximate surface area is 247 Å². The second kappa shape index (κ2) is 8.08. The van der Waals surface area contributed by atoms with E-state index in [1.165, 1.54) is 18.4 Å². The summed E-state index contributed by atoms with van der Waals surface area (Å²) in [6.07, 6.45) is 1.47. The topological polar surface area (TPSA) is 26.3 Å². The van der Waals surface area contributed by atoms with Gasteiger partial charge in [0.05, 0.1) is 24.1 Å². The first kappa shape index (κ1) is 12.7. The van der Waals surface area contributed by atoms with Gasteiger partial charge in [0.25, 0.3) is 0 Å². The molecule has 7 aromatic carbocycles. The Bertz CT molecular complexity index is 3150. The van der Waals surface area contributed by atoms with E-state index in [-0.39, 0.29) is 54.6 Å². The number of para-hydroxylation sites is 1. The lowest BCUT2D eigenvalue weighted by Crippen LogP contribution is -1.92. The summed E-state index contributed by atoms with van der Waals surface area (Å²) in [6.45, 7) is 0. The minimum absolute atomic E-state index is 0.0185. The standard InChI is InChI=1S/C38H22O2/c1-2-12-24-23(10-1)11-9-18-25(24)35-26-13-3-5-15-28(26)36(29-16-6-4-14-27(29)35)32-22-34-37(31-20-21-39-38(31)32)30-17-7-8-19-33(30)40-34/h1-22H/i1D,2D,3D,4D,5D,6D,9D,10D,11D,13D,15D,16D,18D. The predicted octanol–water partition coefficient (Wildman–Crippen LogP) is 11.1. The highest BCUT2D eigenvalue weighted by Crippen LogP contribution is 2.48. The lowest BCUT2D eigenvalue weighted by atomic mass is 9.84. The molecule has 0 saturated heterocycles. The number of fused-ring (bicyclic) bond motifs is 8. The molecule has 0 aliphatic carbocycles. The van der Waals surface area contributed by atoms with Crippen LogP contribution in [-0.4, -0.2) is 0 Å². The second-order valence-corrected chi connectivity index (χ2v) is 9.46. The third kappa shape index (κ3) is 2.88. The van der Waals surface area contributed by atoms with Crippen molar-refractivity contribution in [1.82, 2.24) is 0 Å². The van der Waals surface area contributed by atoms with Crippen LogP contribution in [0.2, 0.25) is 0 Å². The van der Waals surface area contributed by atoms with Crippen molar-refractivity contribution < 1.29 is 26.7 Å². The molecule has 186 valence electrons. The van der Waals surface area contributed by atoms with Crippen molar-refractivity contribution in [2.24, 2.45) is 0 Å². The number of furan rings is 2. The highest BCUT2D eigenvalue weighted by molar-refractivity contribution is 6.28. The average molecular weight is 524 g/mol. The Morgan fingerprint density at radius 1 is 0.500 bits per heavy atom. The van der Waals surface area contributed by atoms with Crippen LogP contribution in [-0.2, 0) is 0 Å². The lowest BCUT2D eigenvalue weighted by molar-refractivity contribution is 0.616. The van der Waals surface area contributed by atoms with E-state index in [9.17, 15) is 5.48 Å². The molecule has 0 aliphatic heterocycles. The fourth-order valence-corrected chi connectivity index (χ4v) is 5.82. The molecule has 40 heavy (non-hydrogen) atoms. The van der Waals surface area contributed by atoms with Crippen LogP contribution in [0.4, 0.5) is 0 Å². The zero-order valence-electron chi connectivity index (χ0n) is 33.5. The maximum atomic E-state index is 9.34. The highest BCUT2D eigenvalue weighted by atomic mass is 16.3. The molecule has 0 aliphatic rings. The van der Waals surface area contributed by atoms with E-state index in [1.54, 1.807) is 18.2 Å². The largest absolute Gasteiger partial charge is 0.464 e. The van der Waals surface area contributed by atoms with E-state index in [0.29, 0.717) is 22.1 Å². The van der Waals surface area contributed by atoms with Gasteiger partial charge in [-0.2, -0.15) is 0 Å². The van der Waals surface area contributed by atoms with Gasteiger partial charge in [-0.05, 0) is 61.6 Å². The van der Waals surface area contributed by atoms with Crippen LogP contribution in [0.3, 0.4) is 0 Å². The van der Waals surface area contributed by atoms with Gasteiger partial charge in [0.1, 0.15) is 16.7 Å². The van der Waals surface area contributed by atoms with Crippen molar-refractivity contribution in [1.29, 1.82) is 0 Å². The van der Waals surface area contributed by atoms with E-state index in [0.717, 1.165) is 10.8 Å². The van der Waals surface area contributed by atoms with Crippen molar-refractivity contribution >= 4 is 65.2 Å². The predicted molar refractivity (Wildman–Crippen MR) is 167 cm³/mol. The van der Waals surface area contributed by atoms with Crippen LogP contribution in [0, 0.1) is 0 Å². The number of rotatable bonds is 2. The number of hydrogen-bond acceptors (Lipinski definition) is 2. The van der Waals surface area contributed by atoms with E-state index in [4.69, 9.17) is 21.2 Å². The molecular weight excluding hydrogens is 488 g/mol. The second-order valence-electron chi connectivity index (χ2n) is 9.46. The maximum Gasteiger partial charge on any atom is 0.142 e. The molecule has 2 nitrogen and oxygen atoms in total. The Balaban J connectivity index is 1.62. The maximum absolute atomic E-state index is 9.34. The number of hydrogen-bond donors (Lipinski definition) is 0. The summed E-state index contributed by atoms with van der Waals surface area (Å²) in [5.41, 5.74) is 1.37. The van der Waals surface area contributed by atoms with Gasteiger partial charge in [-0.3, -0.25) is 0 Å². The molecule has 9 rings (SSSR count). The van der Waals surface area contributed by atoms with Gasteiger partial charge >= 0.3 is 0 Å². The van der Waals surface area contributed by atoms with Crippen LogP contribution < -0.4 is 0 Å². The van der Waals surface area contributed by atoms with Gasteiger partial charge in [0.2, 0.25) is 0 Å². The van der Waals surface area contributed by atoms with E-state index >= 15 is 0 Å². The fraction of sp³-hybridized carbons (Fsp3) is 0. The molecule has 0 N–H and O–H groups in total. The Morgan fingerprint density at radius 2 is 1.20 bits per heavy atom. The van der Waals surface area contributed by atoms with Crippen LogP contribution in [0.5, 0.6) is 0 Å². The fourth-order valence-electron chi connectivity index (χ4n) is 5.82. The SMILES string of the molecule is [2H]c1cc2c(-c3c4cc([2H])c([2H])c([2H])c4c(-c4cc5oc6ccccc6c5c5ccoc45)c4c([2H])c([2H])c([2H])c([2H])c34)c([2H])c([2H])c([2H])c2c([2H])c1[2H]. The molecule has 2 aromatic heterocycles. The van der Waals surface area contributed by atoms with Crippen molar-refractivity contribution in [2.45, 2.75) is 0 Å². The van der Waals surface area contributed by atoms with Crippen LogP contribution in [0.1, 0.15) is 17.8 Å². The molecule has 0 spiro atoms. The minimum atomic E-state index is -0.633. The summed E-state index contributed by atoms with van der Waals surface area (Å²) in [5, 5.41) is 1.62. The van der Waals surface area contributed by atoms with Crippen molar-refractivity contribution in [3.05, 3.63) is 133 Å². The third-order valence-corrected chi connectivity index (χ3v) is 7.44. The van der Waals surface area contributed by atoms with E-state index < -0.39 is 78.6 Å². The zero-order valence-corrected chi connectivity index (χ0v) is 20.5. The quantitative estimate of drug-likeness (QED) is 0.211. The van der Waals surface area contributed by atoms with Gasteiger partial charge in [-0.25, -0.2) is 0 Å². The van der Waals surface area contributed by atoms with Crippen molar-refractivity contribution in [2.75, 3.05) is 0 Å². The van der Waals surface area contributed by atoms with Crippen LogP contribution >= 0.6 is 0 Å². The zero-order chi connectivity index (χ0) is 37.5. The first-order valence-electron chi connectivity index (χ1n) is 19.0. The minimum Gasteiger partial charge on any atom is -0.464 e. The summed E-state index contributed by atoms with van der Waals surface area (Å²) in [4.78, 5) is 0.